The molecule has 0 unspecified atom stereocenters. The highest BCUT2D eigenvalue weighted by Gasteiger charge is 2.11. The topological polar surface area (TPSA) is 92.4 Å². The molecule has 0 bridgehead atoms. The number of nitrogens with two attached hydrogens (primary N) is 1. The molecule has 0 radical (unpaired) electrons. The first-order chi connectivity index (χ1) is 7.41. The summed E-state index contributed by atoms with van der Waals surface area (Å²) in [5, 5.41) is 11.4. The van der Waals surface area contributed by atoms with Gasteiger partial charge in [0.1, 0.15) is 0 Å². The van der Waals surface area contributed by atoms with E-state index in [1.165, 1.54) is 6.07 Å². The van der Waals surface area contributed by atoms with Gasteiger partial charge in [0.25, 0.3) is 0 Å². The van der Waals surface area contributed by atoms with Gasteiger partial charge in [-0.25, -0.2) is 4.79 Å². The Balaban J connectivity index is 2.95. The third-order valence-corrected chi connectivity index (χ3v) is 2.15. The van der Waals surface area contributed by atoms with E-state index in [-0.39, 0.29) is 11.5 Å². The molecule has 0 aliphatic carbocycles. The number of anilines is 1. The van der Waals surface area contributed by atoms with Gasteiger partial charge in [-0.15, -0.1) is 0 Å². The lowest BCUT2D eigenvalue weighted by Gasteiger charge is -2.09. The molecule has 0 spiro atoms. The van der Waals surface area contributed by atoms with Gasteiger partial charge in [-0.3, -0.25) is 4.79 Å². The average Bonchev–Trinajstić information content (AvgIpc) is 2.20. The van der Waals surface area contributed by atoms with Crippen LogP contribution in [0, 0.1) is 6.92 Å². The number of carbonyl (C=O) groups is 2. The minimum absolute atomic E-state index is 0.169. The van der Waals surface area contributed by atoms with Crippen LogP contribution >= 0.6 is 0 Å². The fourth-order valence-electron chi connectivity index (χ4n) is 1.19. The fourth-order valence-corrected chi connectivity index (χ4v) is 1.19. The van der Waals surface area contributed by atoms with Gasteiger partial charge in [0.2, 0.25) is 5.91 Å². The van der Waals surface area contributed by atoms with Gasteiger partial charge in [-0.1, -0.05) is 6.07 Å². The number of aromatic carboxylic acids is 1. The zero-order valence-corrected chi connectivity index (χ0v) is 9.15. The van der Waals surface area contributed by atoms with E-state index < -0.39 is 12.0 Å². The lowest BCUT2D eigenvalue weighted by molar-refractivity contribution is -0.117. The molecule has 16 heavy (non-hydrogen) atoms. The highest BCUT2D eigenvalue weighted by molar-refractivity contribution is 5.96. The smallest absolute Gasteiger partial charge is 0.336 e. The quantitative estimate of drug-likeness (QED) is 0.710. The van der Waals surface area contributed by atoms with Crippen molar-refractivity contribution in [1.29, 1.82) is 0 Å². The summed E-state index contributed by atoms with van der Waals surface area (Å²) >= 11 is 0. The SMILES string of the molecule is Cc1ccc(NC(=O)[C@H](C)N)cc1C(=O)O. The van der Waals surface area contributed by atoms with E-state index in [1.807, 2.05) is 0 Å². The van der Waals surface area contributed by atoms with Gasteiger partial charge in [-0.05, 0) is 31.5 Å². The maximum absolute atomic E-state index is 11.3. The van der Waals surface area contributed by atoms with Crippen molar-refractivity contribution < 1.29 is 14.7 Å². The number of benzene rings is 1. The van der Waals surface area contributed by atoms with Crippen LogP contribution in [0.5, 0.6) is 0 Å². The lowest BCUT2D eigenvalue weighted by atomic mass is 10.1. The summed E-state index contributed by atoms with van der Waals surface area (Å²) in [6, 6.07) is 4.06. The van der Waals surface area contributed by atoms with Crippen molar-refractivity contribution in [2.75, 3.05) is 5.32 Å². The Morgan fingerprint density at radius 3 is 2.56 bits per heavy atom. The van der Waals surface area contributed by atoms with Crippen molar-refractivity contribution in [1.82, 2.24) is 0 Å². The molecule has 0 aliphatic heterocycles. The maximum Gasteiger partial charge on any atom is 0.336 e. The monoisotopic (exact) mass is 222 g/mol. The number of nitrogens with one attached hydrogen (secondary N) is 1. The van der Waals surface area contributed by atoms with Crippen molar-refractivity contribution in [3.05, 3.63) is 29.3 Å². The van der Waals surface area contributed by atoms with E-state index in [9.17, 15) is 9.59 Å². The largest absolute Gasteiger partial charge is 0.478 e. The van der Waals surface area contributed by atoms with E-state index in [0.717, 1.165) is 0 Å². The third-order valence-electron chi connectivity index (χ3n) is 2.15. The number of carbonyl (C=O) groups excluding carboxylic acids is 1. The fraction of sp³-hybridized carbons (Fsp3) is 0.273. The molecular weight excluding hydrogens is 208 g/mol. The maximum atomic E-state index is 11.3. The molecule has 0 saturated heterocycles. The summed E-state index contributed by atoms with van der Waals surface area (Å²) in [6.07, 6.45) is 0. The lowest BCUT2D eigenvalue weighted by Crippen LogP contribution is -2.32. The van der Waals surface area contributed by atoms with Crippen LogP contribution in [0.3, 0.4) is 0 Å². The Morgan fingerprint density at radius 1 is 1.44 bits per heavy atom. The van der Waals surface area contributed by atoms with Crippen molar-refractivity contribution in [2.45, 2.75) is 19.9 Å². The van der Waals surface area contributed by atoms with Crippen LogP contribution in [0.15, 0.2) is 18.2 Å². The molecule has 1 aromatic rings. The number of carboxylic acid groups (broad SMARTS) is 1. The number of rotatable bonds is 3. The van der Waals surface area contributed by atoms with E-state index in [1.54, 1.807) is 26.0 Å². The zero-order valence-electron chi connectivity index (χ0n) is 9.15. The van der Waals surface area contributed by atoms with E-state index in [2.05, 4.69) is 5.32 Å². The molecule has 0 aliphatic rings. The standard InChI is InChI=1S/C11H14N2O3/c1-6-3-4-8(5-9(6)11(15)16)13-10(14)7(2)12/h3-5,7H,12H2,1-2H3,(H,13,14)(H,15,16)/t7-/m0/s1. The molecule has 0 fully saturated rings. The molecule has 1 amide bonds. The Bertz CT molecular complexity index is 427. The molecule has 1 rings (SSSR count). The van der Waals surface area contributed by atoms with Gasteiger partial charge < -0.3 is 16.2 Å². The number of hydrogen-bond donors (Lipinski definition) is 3. The van der Waals surface area contributed by atoms with E-state index in [0.29, 0.717) is 11.3 Å². The number of amides is 1. The summed E-state index contributed by atoms with van der Waals surface area (Å²) < 4.78 is 0. The number of aryl methyl sites for hydroxylation is 1. The van der Waals surface area contributed by atoms with Gasteiger partial charge >= 0.3 is 5.97 Å². The Kier molecular flexibility index (Phi) is 3.63. The van der Waals surface area contributed by atoms with Crippen molar-refractivity contribution in [3.63, 3.8) is 0 Å². The molecule has 5 nitrogen and oxygen atoms in total. The summed E-state index contributed by atoms with van der Waals surface area (Å²) in [7, 11) is 0. The van der Waals surface area contributed by atoms with Gasteiger partial charge in [0, 0.05) is 5.69 Å². The van der Waals surface area contributed by atoms with Crippen LogP contribution in [0.25, 0.3) is 0 Å². The minimum Gasteiger partial charge on any atom is -0.478 e. The van der Waals surface area contributed by atoms with E-state index >= 15 is 0 Å². The highest BCUT2D eigenvalue weighted by Crippen LogP contribution is 2.15. The highest BCUT2D eigenvalue weighted by atomic mass is 16.4. The summed E-state index contributed by atoms with van der Waals surface area (Å²) in [4.78, 5) is 22.2. The normalized spacial score (nSPS) is 11.9. The number of carboxylic acids is 1. The van der Waals surface area contributed by atoms with Gasteiger partial charge in [0.05, 0.1) is 11.6 Å². The predicted molar refractivity (Wildman–Crippen MR) is 60.4 cm³/mol. The first-order valence-corrected chi connectivity index (χ1v) is 4.82. The second kappa shape index (κ2) is 4.76. The van der Waals surface area contributed by atoms with E-state index in [4.69, 9.17) is 10.8 Å². The van der Waals surface area contributed by atoms with Gasteiger partial charge in [0.15, 0.2) is 0 Å². The number of hydrogen-bond acceptors (Lipinski definition) is 3. The van der Waals surface area contributed by atoms with Crippen LogP contribution in [0.4, 0.5) is 5.69 Å². The molecule has 4 N–H and O–H groups in total. The van der Waals surface area contributed by atoms with Crippen molar-refractivity contribution in [2.24, 2.45) is 5.73 Å². The Morgan fingerprint density at radius 2 is 2.06 bits per heavy atom. The molecule has 86 valence electrons. The second-order valence-corrected chi connectivity index (χ2v) is 3.61. The van der Waals surface area contributed by atoms with Crippen LogP contribution in [0.2, 0.25) is 0 Å². The van der Waals surface area contributed by atoms with Crippen molar-refractivity contribution in [3.8, 4) is 0 Å². The van der Waals surface area contributed by atoms with Crippen LogP contribution < -0.4 is 11.1 Å². The molecular formula is C11H14N2O3. The molecule has 0 saturated carbocycles. The average molecular weight is 222 g/mol. The first-order valence-electron chi connectivity index (χ1n) is 4.82. The molecule has 1 atom stereocenters. The van der Waals surface area contributed by atoms with Crippen LogP contribution in [-0.2, 0) is 4.79 Å². The molecule has 0 aromatic heterocycles. The van der Waals surface area contributed by atoms with Crippen LogP contribution in [-0.4, -0.2) is 23.0 Å². The second-order valence-electron chi connectivity index (χ2n) is 3.61. The molecule has 1 aromatic carbocycles. The third kappa shape index (κ3) is 2.80. The molecule has 0 heterocycles. The zero-order chi connectivity index (χ0) is 12.3. The van der Waals surface area contributed by atoms with Crippen LogP contribution in [0.1, 0.15) is 22.8 Å². The summed E-state index contributed by atoms with van der Waals surface area (Å²) in [6.45, 7) is 3.25. The first kappa shape index (κ1) is 12.2. The Labute approximate surface area is 93.3 Å². The van der Waals surface area contributed by atoms with Gasteiger partial charge in [-0.2, -0.15) is 0 Å². The minimum atomic E-state index is -1.02. The predicted octanol–water partition coefficient (Wildman–Crippen LogP) is 0.979. The van der Waals surface area contributed by atoms with Crippen molar-refractivity contribution >= 4 is 17.6 Å². The molecule has 5 heteroatoms. The summed E-state index contributed by atoms with van der Waals surface area (Å²) in [5.41, 5.74) is 6.63. The summed E-state index contributed by atoms with van der Waals surface area (Å²) in [5.74, 6) is -1.37. The Hall–Kier alpha value is -1.88.